The van der Waals surface area contributed by atoms with Gasteiger partial charge in [0.15, 0.2) is 5.82 Å². The fourth-order valence-corrected chi connectivity index (χ4v) is 3.43. The lowest BCUT2D eigenvalue weighted by atomic mass is 9.79. The second-order valence-corrected chi connectivity index (χ2v) is 6.25. The first-order valence-corrected chi connectivity index (χ1v) is 7.59. The molecule has 0 radical (unpaired) electrons. The van der Waals surface area contributed by atoms with Gasteiger partial charge in [-0.1, -0.05) is 0 Å². The molecule has 1 aromatic rings. The van der Waals surface area contributed by atoms with Crippen LogP contribution in [0.3, 0.4) is 0 Å². The normalized spacial score (nSPS) is 21.5. The fourth-order valence-electron chi connectivity index (χ4n) is 2.48. The van der Waals surface area contributed by atoms with Gasteiger partial charge < -0.3 is 10.1 Å². The van der Waals surface area contributed by atoms with Crippen molar-refractivity contribution in [1.29, 1.82) is 0 Å². The molecule has 0 saturated heterocycles. The van der Waals surface area contributed by atoms with Crippen molar-refractivity contribution in [3.05, 3.63) is 15.1 Å². The van der Waals surface area contributed by atoms with Crippen LogP contribution in [0.2, 0.25) is 0 Å². The summed E-state index contributed by atoms with van der Waals surface area (Å²) < 4.78 is 6.87. The Labute approximate surface area is 121 Å². The zero-order valence-electron chi connectivity index (χ0n) is 10.8. The van der Waals surface area contributed by atoms with Gasteiger partial charge in [-0.3, -0.25) is 0 Å². The Morgan fingerprint density at radius 1 is 1.33 bits per heavy atom. The number of nitrogens with one attached hydrogen (secondary N) is 1. The number of aromatic nitrogens is 2. The van der Waals surface area contributed by atoms with Crippen LogP contribution in [0, 0.1) is 3.57 Å². The van der Waals surface area contributed by atoms with E-state index in [0.717, 1.165) is 24.5 Å². The molecule has 98 valence electrons. The quantitative estimate of drug-likeness (QED) is 0.840. The second kappa shape index (κ2) is 4.59. The smallest absolute Gasteiger partial charge is 0.162 e. The molecule has 0 unspecified atom stereocenters. The summed E-state index contributed by atoms with van der Waals surface area (Å²) in [7, 11) is 3.70. The third-order valence-corrected chi connectivity index (χ3v) is 5.10. The van der Waals surface area contributed by atoms with Crippen LogP contribution in [0.1, 0.15) is 49.5 Å². The average Bonchev–Trinajstić information content (AvgIpc) is 3.14. The summed E-state index contributed by atoms with van der Waals surface area (Å²) in [6.45, 7) is 0. The minimum absolute atomic E-state index is 0.223. The van der Waals surface area contributed by atoms with Crippen molar-refractivity contribution < 1.29 is 4.74 Å². The van der Waals surface area contributed by atoms with E-state index in [1.165, 1.54) is 28.5 Å². The Bertz CT molecular complexity index is 464. The van der Waals surface area contributed by atoms with Gasteiger partial charge in [-0.25, -0.2) is 9.97 Å². The lowest BCUT2D eigenvalue weighted by Gasteiger charge is -2.39. The van der Waals surface area contributed by atoms with Gasteiger partial charge in [0.25, 0.3) is 0 Å². The molecular formula is C13H18IN3O. The van der Waals surface area contributed by atoms with E-state index in [4.69, 9.17) is 9.72 Å². The summed E-state index contributed by atoms with van der Waals surface area (Å²) in [6.07, 6.45) is 5.80. The molecule has 0 aliphatic heterocycles. The van der Waals surface area contributed by atoms with Gasteiger partial charge in [-0.05, 0) is 54.7 Å². The number of anilines is 1. The lowest BCUT2D eigenvalue weighted by molar-refractivity contribution is -0.0847. The molecule has 2 aliphatic carbocycles. The summed E-state index contributed by atoms with van der Waals surface area (Å²) in [5, 5.41) is 3.19. The van der Waals surface area contributed by atoms with Crippen LogP contribution in [0.25, 0.3) is 0 Å². The Balaban J connectivity index is 2.06. The monoisotopic (exact) mass is 359 g/mol. The zero-order chi connectivity index (χ0) is 12.8. The van der Waals surface area contributed by atoms with Crippen molar-refractivity contribution in [3.8, 4) is 0 Å². The van der Waals surface area contributed by atoms with Gasteiger partial charge in [0, 0.05) is 20.1 Å². The van der Waals surface area contributed by atoms with Crippen LogP contribution >= 0.6 is 22.6 Å². The predicted octanol–water partition coefficient (Wildman–Crippen LogP) is 3.03. The Kier molecular flexibility index (Phi) is 3.21. The van der Waals surface area contributed by atoms with Crippen molar-refractivity contribution in [1.82, 2.24) is 9.97 Å². The SMILES string of the molecule is CNc1nc(C2(OC)CCC2)nc(C2CC2)c1I. The van der Waals surface area contributed by atoms with Crippen molar-refractivity contribution in [3.63, 3.8) is 0 Å². The highest BCUT2D eigenvalue weighted by atomic mass is 127. The second-order valence-electron chi connectivity index (χ2n) is 5.17. The standard InChI is InChI=1S/C13H18IN3O/c1-15-11-9(14)10(8-4-5-8)16-12(17-11)13(18-2)6-3-7-13/h8H,3-7H2,1-2H3,(H,15,16,17). The van der Waals surface area contributed by atoms with Gasteiger partial charge in [-0.15, -0.1) is 0 Å². The van der Waals surface area contributed by atoms with Gasteiger partial charge in [0.1, 0.15) is 11.4 Å². The topological polar surface area (TPSA) is 47.0 Å². The highest BCUT2D eigenvalue weighted by Gasteiger charge is 2.43. The molecule has 5 heteroatoms. The maximum atomic E-state index is 5.70. The van der Waals surface area contributed by atoms with Crippen LogP contribution in [0.4, 0.5) is 5.82 Å². The van der Waals surface area contributed by atoms with E-state index in [1.807, 2.05) is 7.05 Å². The number of rotatable bonds is 4. The van der Waals surface area contributed by atoms with Crippen LogP contribution in [-0.4, -0.2) is 24.1 Å². The van der Waals surface area contributed by atoms with Crippen molar-refractivity contribution >= 4 is 28.4 Å². The maximum absolute atomic E-state index is 5.70. The minimum atomic E-state index is -0.223. The molecule has 0 bridgehead atoms. The number of halogens is 1. The molecule has 1 aromatic heterocycles. The first-order chi connectivity index (χ1) is 8.70. The highest BCUT2D eigenvalue weighted by Crippen LogP contribution is 2.46. The van der Waals surface area contributed by atoms with Gasteiger partial charge in [0.2, 0.25) is 0 Å². The fraction of sp³-hybridized carbons (Fsp3) is 0.692. The van der Waals surface area contributed by atoms with Gasteiger partial charge >= 0.3 is 0 Å². The zero-order valence-corrected chi connectivity index (χ0v) is 13.0. The van der Waals surface area contributed by atoms with E-state index in [-0.39, 0.29) is 5.60 Å². The van der Waals surface area contributed by atoms with Crippen molar-refractivity contribution in [2.75, 3.05) is 19.5 Å². The number of methoxy groups -OCH3 is 1. The number of hydrogen-bond donors (Lipinski definition) is 1. The summed E-state index contributed by atoms with van der Waals surface area (Å²) in [4.78, 5) is 9.50. The number of nitrogens with zero attached hydrogens (tertiary/aromatic N) is 2. The van der Waals surface area contributed by atoms with Crippen molar-refractivity contribution in [2.24, 2.45) is 0 Å². The van der Waals surface area contributed by atoms with E-state index < -0.39 is 0 Å². The molecule has 3 rings (SSSR count). The minimum Gasteiger partial charge on any atom is -0.372 e. The van der Waals surface area contributed by atoms with Gasteiger partial charge in [0.05, 0.1) is 9.26 Å². The number of ether oxygens (including phenoxy) is 1. The van der Waals surface area contributed by atoms with Crippen LogP contribution in [-0.2, 0) is 10.3 Å². The highest BCUT2D eigenvalue weighted by molar-refractivity contribution is 14.1. The van der Waals surface area contributed by atoms with Crippen LogP contribution in [0.5, 0.6) is 0 Å². The van der Waals surface area contributed by atoms with Crippen LogP contribution < -0.4 is 5.32 Å². The van der Waals surface area contributed by atoms with Crippen LogP contribution in [0.15, 0.2) is 0 Å². The third kappa shape index (κ3) is 1.91. The molecule has 4 nitrogen and oxygen atoms in total. The van der Waals surface area contributed by atoms with Crippen molar-refractivity contribution in [2.45, 2.75) is 43.6 Å². The molecule has 0 atom stereocenters. The summed E-state index contributed by atoms with van der Waals surface area (Å²) in [6, 6.07) is 0. The Morgan fingerprint density at radius 2 is 2.06 bits per heavy atom. The average molecular weight is 359 g/mol. The number of hydrogen-bond acceptors (Lipinski definition) is 4. The first kappa shape index (κ1) is 12.6. The molecule has 0 aromatic carbocycles. The predicted molar refractivity (Wildman–Crippen MR) is 78.8 cm³/mol. The van der Waals surface area contributed by atoms with Gasteiger partial charge in [-0.2, -0.15) is 0 Å². The molecule has 18 heavy (non-hydrogen) atoms. The molecule has 2 saturated carbocycles. The molecule has 2 fully saturated rings. The molecule has 0 amide bonds. The molecule has 0 spiro atoms. The lowest BCUT2D eigenvalue weighted by Crippen LogP contribution is -2.38. The first-order valence-electron chi connectivity index (χ1n) is 6.51. The summed E-state index contributed by atoms with van der Waals surface area (Å²) in [5.41, 5.74) is 0.993. The third-order valence-electron chi connectivity index (χ3n) is 4.04. The summed E-state index contributed by atoms with van der Waals surface area (Å²) >= 11 is 2.35. The summed E-state index contributed by atoms with van der Waals surface area (Å²) in [5.74, 6) is 2.47. The van der Waals surface area contributed by atoms with E-state index in [2.05, 4.69) is 32.9 Å². The molecule has 1 N–H and O–H groups in total. The Morgan fingerprint density at radius 3 is 2.50 bits per heavy atom. The molecular weight excluding hydrogens is 341 g/mol. The largest absolute Gasteiger partial charge is 0.372 e. The molecule has 2 aliphatic rings. The van der Waals surface area contributed by atoms with E-state index >= 15 is 0 Å². The van der Waals surface area contributed by atoms with E-state index in [9.17, 15) is 0 Å². The Hall–Kier alpha value is -0.430. The van der Waals surface area contributed by atoms with E-state index in [0.29, 0.717) is 5.92 Å². The van der Waals surface area contributed by atoms with E-state index in [1.54, 1.807) is 7.11 Å². The molecule has 1 heterocycles. The maximum Gasteiger partial charge on any atom is 0.162 e.